The highest BCUT2D eigenvalue weighted by Gasteiger charge is 2.39. The van der Waals surface area contributed by atoms with Gasteiger partial charge in [0.05, 0.1) is 13.0 Å². The number of amides is 2. The summed E-state index contributed by atoms with van der Waals surface area (Å²) in [6.07, 6.45) is -0.716. The van der Waals surface area contributed by atoms with Crippen molar-refractivity contribution in [1.29, 1.82) is 0 Å². The lowest BCUT2D eigenvalue weighted by Gasteiger charge is -2.31. The third-order valence-corrected chi connectivity index (χ3v) is 5.74. The third kappa shape index (κ3) is 4.91. The van der Waals surface area contributed by atoms with E-state index in [0.29, 0.717) is 0 Å². The van der Waals surface area contributed by atoms with E-state index < -0.39 is 23.5 Å². The van der Waals surface area contributed by atoms with Crippen molar-refractivity contribution in [2.75, 3.05) is 26.9 Å². The molecule has 32 heavy (non-hydrogen) atoms. The van der Waals surface area contributed by atoms with Gasteiger partial charge in [0.25, 0.3) is 0 Å². The maximum atomic E-state index is 12.7. The molecule has 170 valence electrons. The molecule has 0 aromatic heterocycles. The van der Waals surface area contributed by atoms with Crippen molar-refractivity contribution in [1.82, 2.24) is 10.6 Å². The topological polar surface area (TPSA) is 114 Å². The number of aliphatic carboxylic acids is 1. The molecule has 0 radical (unpaired) electrons. The van der Waals surface area contributed by atoms with Crippen LogP contribution in [0.15, 0.2) is 48.5 Å². The summed E-state index contributed by atoms with van der Waals surface area (Å²) in [6, 6.07) is 16.0. The maximum absolute atomic E-state index is 12.7. The zero-order valence-electron chi connectivity index (χ0n) is 18.2. The van der Waals surface area contributed by atoms with Gasteiger partial charge in [-0.3, -0.25) is 9.59 Å². The number of hydrogen-bond acceptors (Lipinski definition) is 5. The number of methoxy groups -OCH3 is 1. The van der Waals surface area contributed by atoms with Crippen LogP contribution in [0.4, 0.5) is 4.79 Å². The van der Waals surface area contributed by atoms with E-state index in [9.17, 15) is 14.4 Å². The molecule has 3 rings (SSSR count). The van der Waals surface area contributed by atoms with Crippen LogP contribution in [0, 0.1) is 0 Å². The minimum Gasteiger partial charge on any atom is -0.481 e. The quantitative estimate of drug-likeness (QED) is 0.523. The first-order chi connectivity index (χ1) is 15.4. The van der Waals surface area contributed by atoms with Crippen LogP contribution in [0.3, 0.4) is 0 Å². The van der Waals surface area contributed by atoms with Gasteiger partial charge in [-0.1, -0.05) is 55.5 Å². The van der Waals surface area contributed by atoms with Crippen molar-refractivity contribution >= 4 is 18.0 Å². The van der Waals surface area contributed by atoms with Crippen LogP contribution in [0.25, 0.3) is 11.1 Å². The minimum atomic E-state index is -1.37. The molecule has 0 spiro atoms. The lowest BCUT2D eigenvalue weighted by atomic mass is 9.96. The maximum Gasteiger partial charge on any atom is 0.408 e. The lowest BCUT2D eigenvalue weighted by Crippen LogP contribution is -2.61. The van der Waals surface area contributed by atoms with Gasteiger partial charge in [-0.2, -0.15) is 0 Å². The number of nitrogens with one attached hydrogen (secondary N) is 2. The summed E-state index contributed by atoms with van der Waals surface area (Å²) in [5.74, 6) is -1.64. The number of fused-ring (bicyclic) bond motifs is 3. The number of alkyl carbamates (subject to hydrolysis) is 1. The Hall–Kier alpha value is -3.39. The number of carboxylic acid groups (broad SMARTS) is 1. The molecule has 0 saturated carbocycles. The van der Waals surface area contributed by atoms with E-state index in [0.717, 1.165) is 22.3 Å². The molecule has 2 aromatic carbocycles. The fraction of sp³-hybridized carbons (Fsp3) is 0.375. The van der Waals surface area contributed by atoms with E-state index in [1.807, 2.05) is 36.4 Å². The summed E-state index contributed by atoms with van der Waals surface area (Å²) in [5, 5.41) is 14.0. The molecule has 1 aliphatic rings. The smallest absolute Gasteiger partial charge is 0.408 e. The second-order valence-electron chi connectivity index (χ2n) is 7.72. The van der Waals surface area contributed by atoms with Crippen molar-refractivity contribution in [3.63, 3.8) is 0 Å². The molecule has 0 bridgehead atoms. The molecular weight excluding hydrogens is 412 g/mol. The van der Waals surface area contributed by atoms with E-state index in [1.165, 1.54) is 7.11 Å². The molecule has 2 aromatic rings. The summed E-state index contributed by atoms with van der Waals surface area (Å²) in [7, 11) is 1.42. The number of hydrogen-bond donors (Lipinski definition) is 3. The van der Waals surface area contributed by atoms with Crippen LogP contribution >= 0.6 is 0 Å². The molecule has 2 amide bonds. The summed E-state index contributed by atoms with van der Waals surface area (Å²) in [5.41, 5.74) is 3.06. The summed E-state index contributed by atoms with van der Waals surface area (Å²) < 4.78 is 10.7. The number of rotatable bonds is 10. The molecule has 0 saturated heterocycles. The van der Waals surface area contributed by atoms with E-state index in [1.54, 1.807) is 6.92 Å². The highest BCUT2D eigenvalue weighted by Crippen LogP contribution is 2.44. The molecule has 1 aliphatic carbocycles. The van der Waals surface area contributed by atoms with Crippen molar-refractivity contribution in [2.24, 2.45) is 0 Å². The Bertz CT molecular complexity index is 946. The predicted octanol–water partition coefficient (Wildman–Crippen LogP) is 2.91. The molecular formula is C24H28N2O6. The number of carboxylic acids is 1. The molecule has 1 unspecified atom stereocenters. The monoisotopic (exact) mass is 440 g/mol. The van der Waals surface area contributed by atoms with Crippen LogP contribution in [-0.4, -0.2) is 55.5 Å². The van der Waals surface area contributed by atoms with Gasteiger partial charge in [-0.05, 0) is 28.7 Å². The minimum absolute atomic E-state index is 0.0496. The molecule has 8 heteroatoms. The van der Waals surface area contributed by atoms with Gasteiger partial charge >= 0.3 is 12.1 Å². The molecule has 0 heterocycles. The fourth-order valence-corrected chi connectivity index (χ4v) is 4.04. The van der Waals surface area contributed by atoms with Crippen molar-refractivity contribution in [2.45, 2.75) is 31.2 Å². The van der Waals surface area contributed by atoms with Gasteiger partial charge in [0, 0.05) is 19.6 Å². The first kappa shape index (κ1) is 23.3. The normalized spacial score (nSPS) is 14.1. The molecule has 8 nitrogen and oxygen atoms in total. The number of carbonyl (C=O) groups is 3. The SMILES string of the molecule is CCC(COC)(NC(=O)OCC1c2ccccc2-c2ccccc21)C(=O)NCCC(=O)O. The molecule has 3 N–H and O–H groups in total. The number of ether oxygens (including phenoxy) is 2. The van der Waals surface area contributed by atoms with Crippen LogP contribution in [0.2, 0.25) is 0 Å². The Kier molecular flexibility index (Phi) is 7.48. The van der Waals surface area contributed by atoms with Crippen LogP contribution < -0.4 is 10.6 Å². The van der Waals surface area contributed by atoms with Crippen molar-refractivity contribution in [3.05, 3.63) is 59.7 Å². The Labute approximate surface area is 186 Å². The van der Waals surface area contributed by atoms with Crippen molar-refractivity contribution in [3.8, 4) is 11.1 Å². The first-order valence-corrected chi connectivity index (χ1v) is 10.5. The summed E-state index contributed by atoms with van der Waals surface area (Å²) >= 11 is 0. The largest absolute Gasteiger partial charge is 0.481 e. The first-order valence-electron chi connectivity index (χ1n) is 10.5. The number of benzene rings is 2. The van der Waals surface area contributed by atoms with Gasteiger partial charge in [-0.15, -0.1) is 0 Å². The van der Waals surface area contributed by atoms with Crippen LogP contribution in [0.1, 0.15) is 36.8 Å². The predicted molar refractivity (Wildman–Crippen MR) is 118 cm³/mol. The second-order valence-corrected chi connectivity index (χ2v) is 7.72. The Morgan fingerprint density at radius 1 is 1.03 bits per heavy atom. The zero-order valence-corrected chi connectivity index (χ0v) is 18.2. The van der Waals surface area contributed by atoms with E-state index in [-0.39, 0.29) is 38.5 Å². The molecule has 1 atom stereocenters. The van der Waals surface area contributed by atoms with Gasteiger partial charge in [0.1, 0.15) is 12.1 Å². The van der Waals surface area contributed by atoms with Gasteiger partial charge < -0.3 is 25.2 Å². The summed E-state index contributed by atoms with van der Waals surface area (Å²) in [6.45, 7) is 1.73. The second kappa shape index (κ2) is 10.3. The highest BCUT2D eigenvalue weighted by atomic mass is 16.5. The average Bonchev–Trinajstić information content (AvgIpc) is 3.10. The molecule has 0 fully saturated rings. The third-order valence-electron chi connectivity index (χ3n) is 5.74. The Balaban J connectivity index is 1.69. The van der Waals surface area contributed by atoms with E-state index >= 15 is 0 Å². The van der Waals surface area contributed by atoms with E-state index in [2.05, 4.69) is 22.8 Å². The van der Waals surface area contributed by atoms with Gasteiger partial charge in [-0.25, -0.2) is 4.79 Å². The standard InChI is InChI=1S/C24H28N2O6/c1-3-24(15-31-2,22(29)25-13-12-21(27)28)26-23(30)32-14-20-18-10-6-4-8-16(18)17-9-5-7-11-19(17)20/h4-11,20H,3,12-15H2,1-2H3,(H,25,29)(H,26,30)(H,27,28). The lowest BCUT2D eigenvalue weighted by molar-refractivity contribution is -0.137. The molecule has 0 aliphatic heterocycles. The Morgan fingerprint density at radius 2 is 1.62 bits per heavy atom. The van der Waals surface area contributed by atoms with Crippen LogP contribution in [0.5, 0.6) is 0 Å². The van der Waals surface area contributed by atoms with Gasteiger partial charge in [0.2, 0.25) is 5.91 Å². The zero-order chi connectivity index (χ0) is 23.1. The Morgan fingerprint density at radius 3 is 2.16 bits per heavy atom. The number of carbonyl (C=O) groups excluding carboxylic acids is 2. The highest BCUT2D eigenvalue weighted by molar-refractivity contribution is 5.90. The average molecular weight is 440 g/mol. The van der Waals surface area contributed by atoms with Crippen molar-refractivity contribution < 1.29 is 29.0 Å². The van der Waals surface area contributed by atoms with E-state index in [4.69, 9.17) is 14.6 Å². The fourth-order valence-electron chi connectivity index (χ4n) is 4.04. The summed E-state index contributed by atoms with van der Waals surface area (Å²) in [4.78, 5) is 36.2. The van der Waals surface area contributed by atoms with Crippen LogP contribution in [-0.2, 0) is 19.1 Å². The van der Waals surface area contributed by atoms with Gasteiger partial charge in [0.15, 0.2) is 0 Å².